The first-order valence-electron chi connectivity index (χ1n) is 22.0. The maximum Gasteiger partial charge on any atom is 0.179 e. The molecule has 0 aliphatic rings. The summed E-state index contributed by atoms with van der Waals surface area (Å²) in [6, 6.07) is 90.5. The van der Waals surface area contributed by atoms with E-state index in [2.05, 4.69) is 252 Å². The Bertz CT molecular complexity index is 3790. The molecule has 0 fully saturated rings. The molecule has 0 aliphatic carbocycles. The standard InChI is InChI=1S/C60H40N2SSi/c1-4-16-45(17-5-1)64(46-18-6-2-7-19-46,47-20-8-3-9-21-47)48-33-30-43(31-34-48)61-55-25-13-10-23-50(55)52-37-32-44(40-58(52)61)62-56-26-14-11-22-49(56)51-35-28-41(38-57(51)62)42-29-36-54-53-24-12-15-27-59(53)63-60(54)39-42/h1-40H. The fourth-order valence-corrected chi connectivity index (χ4v) is 16.5. The molecule has 0 saturated carbocycles. The summed E-state index contributed by atoms with van der Waals surface area (Å²) in [5, 5.41) is 13.1. The molecule has 0 unspecified atom stereocenters. The first-order valence-corrected chi connectivity index (χ1v) is 24.8. The zero-order valence-corrected chi connectivity index (χ0v) is 36.7. The highest BCUT2D eigenvalue weighted by Crippen LogP contribution is 2.40. The molecule has 0 N–H and O–H groups in total. The summed E-state index contributed by atoms with van der Waals surface area (Å²) < 4.78 is 7.58. The van der Waals surface area contributed by atoms with Crippen LogP contribution in [0.3, 0.4) is 0 Å². The Balaban J connectivity index is 0.996. The van der Waals surface area contributed by atoms with E-state index in [4.69, 9.17) is 0 Å². The van der Waals surface area contributed by atoms with Crippen LogP contribution in [0.2, 0.25) is 0 Å². The Labute approximate surface area is 376 Å². The zero-order chi connectivity index (χ0) is 42.2. The summed E-state index contributed by atoms with van der Waals surface area (Å²) in [6.07, 6.45) is 0. The average molecular weight is 849 g/mol. The second kappa shape index (κ2) is 14.7. The molecule has 13 aromatic rings. The van der Waals surface area contributed by atoms with Crippen LogP contribution in [0.15, 0.2) is 243 Å². The fraction of sp³-hybridized carbons (Fsp3) is 0. The van der Waals surface area contributed by atoms with E-state index in [0.29, 0.717) is 0 Å². The molecule has 0 saturated heterocycles. The van der Waals surface area contributed by atoms with Crippen LogP contribution in [-0.2, 0) is 0 Å². The predicted molar refractivity (Wildman–Crippen MR) is 277 cm³/mol. The molecule has 0 radical (unpaired) electrons. The van der Waals surface area contributed by atoms with Gasteiger partial charge in [-0.05, 0) is 86.5 Å². The van der Waals surface area contributed by atoms with Crippen molar-refractivity contribution in [1.82, 2.24) is 9.13 Å². The average Bonchev–Trinajstić information content (AvgIpc) is 4.02. The van der Waals surface area contributed by atoms with Crippen LogP contribution in [0.25, 0.3) is 86.3 Å². The van der Waals surface area contributed by atoms with Gasteiger partial charge in [-0.25, -0.2) is 0 Å². The predicted octanol–water partition coefficient (Wildman–Crippen LogP) is 13.3. The Kier molecular flexibility index (Phi) is 8.45. The SMILES string of the molecule is c1ccc([Si](c2ccccc2)(c2ccccc2)c2ccc(-n3c4ccccc4c4ccc(-n5c6ccccc6c6ccc(-c7ccc8c(c7)sc7ccccc78)cc65)cc43)cc2)cc1. The van der Waals surface area contributed by atoms with Crippen LogP contribution in [0.4, 0.5) is 0 Å². The van der Waals surface area contributed by atoms with Crippen LogP contribution in [0, 0.1) is 0 Å². The summed E-state index contributed by atoms with van der Waals surface area (Å²) >= 11 is 1.87. The van der Waals surface area contributed by atoms with Gasteiger partial charge in [0.15, 0.2) is 8.07 Å². The highest BCUT2D eigenvalue weighted by molar-refractivity contribution is 7.25. The van der Waals surface area contributed by atoms with Gasteiger partial charge in [0, 0.05) is 53.1 Å². The maximum absolute atomic E-state index is 2.68. The van der Waals surface area contributed by atoms with Crippen molar-refractivity contribution >= 4 is 104 Å². The highest BCUT2D eigenvalue weighted by Gasteiger charge is 2.41. The third kappa shape index (κ3) is 5.56. The summed E-state index contributed by atoms with van der Waals surface area (Å²) in [5.74, 6) is 0. The Morgan fingerprint density at radius 1 is 0.266 bits per heavy atom. The summed E-state index contributed by atoms with van der Waals surface area (Å²) in [6.45, 7) is 0. The number of thiophene rings is 1. The van der Waals surface area contributed by atoms with Crippen molar-refractivity contribution in [1.29, 1.82) is 0 Å². The minimum absolute atomic E-state index is 1.14. The van der Waals surface area contributed by atoms with E-state index in [9.17, 15) is 0 Å². The molecule has 3 heterocycles. The van der Waals surface area contributed by atoms with Gasteiger partial charge in [0.1, 0.15) is 0 Å². The van der Waals surface area contributed by atoms with Crippen molar-refractivity contribution in [3.05, 3.63) is 243 Å². The maximum atomic E-state index is 2.47. The molecule has 0 spiro atoms. The van der Waals surface area contributed by atoms with E-state index in [0.717, 1.165) is 11.4 Å². The van der Waals surface area contributed by atoms with Gasteiger partial charge in [-0.3, -0.25) is 0 Å². The molecule has 0 aliphatic heterocycles. The lowest BCUT2D eigenvalue weighted by atomic mass is 10.0. The van der Waals surface area contributed by atoms with Crippen LogP contribution >= 0.6 is 11.3 Å². The number of fused-ring (bicyclic) bond motifs is 9. The van der Waals surface area contributed by atoms with E-state index < -0.39 is 8.07 Å². The molecule has 64 heavy (non-hydrogen) atoms. The molecular formula is C60H40N2SSi. The van der Waals surface area contributed by atoms with E-state index in [1.807, 2.05) is 11.3 Å². The van der Waals surface area contributed by atoms with Crippen molar-refractivity contribution in [2.45, 2.75) is 0 Å². The molecule has 3 aromatic heterocycles. The Morgan fingerprint density at radius 3 is 1.28 bits per heavy atom. The van der Waals surface area contributed by atoms with Gasteiger partial charge in [0.2, 0.25) is 0 Å². The van der Waals surface area contributed by atoms with Gasteiger partial charge in [0.05, 0.1) is 22.1 Å². The van der Waals surface area contributed by atoms with Gasteiger partial charge >= 0.3 is 0 Å². The third-order valence-corrected chi connectivity index (χ3v) is 19.4. The molecule has 300 valence electrons. The van der Waals surface area contributed by atoms with Crippen LogP contribution in [-0.4, -0.2) is 17.2 Å². The molecule has 13 rings (SSSR count). The zero-order valence-electron chi connectivity index (χ0n) is 34.9. The Morgan fingerprint density at radius 2 is 0.672 bits per heavy atom. The second-order valence-electron chi connectivity index (χ2n) is 16.8. The van der Waals surface area contributed by atoms with Crippen LogP contribution in [0.1, 0.15) is 0 Å². The normalized spacial score (nSPS) is 12.1. The van der Waals surface area contributed by atoms with Gasteiger partial charge in [-0.15, -0.1) is 11.3 Å². The van der Waals surface area contributed by atoms with Gasteiger partial charge < -0.3 is 9.13 Å². The lowest BCUT2D eigenvalue weighted by Crippen LogP contribution is -2.74. The van der Waals surface area contributed by atoms with Crippen molar-refractivity contribution in [3.8, 4) is 22.5 Å². The monoisotopic (exact) mass is 848 g/mol. The van der Waals surface area contributed by atoms with E-state index in [1.165, 1.54) is 95.7 Å². The lowest BCUT2D eigenvalue weighted by Gasteiger charge is -2.34. The van der Waals surface area contributed by atoms with Crippen molar-refractivity contribution in [2.75, 3.05) is 0 Å². The molecule has 2 nitrogen and oxygen atoms in total. The molecule has 0 atom stereocenters. The number of hydrogen-bond acceptors (Lipinski definition) is 1. The fourth-order valence-electron chi connectivity index (χ4n) is 10.6. The first kappa shape index (κ1) is 36.9. The van der Waals surface area contributed by atoms with Crippen LogP contribution < -0.4 is 20.7 Å². The third-order valence-electron chi connectivity index (χ3n) is 13.5. The van der Waals surface area contributed by atoms with E-state index >= 15 is 0 Å². The molecule has 10 aromatic carbocycles. The molecule has 4 heteroatoms. The van der Waals surface area contributed by atoms with Crippen molar-refractivity contribution in [3.63, 3.8) is 0 Å². The minimum Gasteiger partial charge on any atom is -0.309 e. The topological polar surface area (TPSA) is 9.86 Å². The van der Waals surface area contributed by atoms with Gasteiger partial charge in [-0.1, -0.05) is 188 Å². The quantitative estimate of drug-likeness (QED) is 0.112. The highest BCUT2D eigenvalue weighted by atomic mass is 32.1. The number of aromatic nitrogens is 2. The molecule has 0 bridgehead atoms. The first-order chi connectivity index (χ1) is 31.7. The summed E-state index contributed by atoms with van der Waals surface area (Å²) in [4.78, 5) is 0. The number of hydrogen-bond donors (Lipinski definition) is 0. The van der Waals surface area contributed by atoms with Crippen molar-refractivity contribution in [2.24, 2.45) is 0 Å². The number of para-hydroxylation sites is 2. The van der Waals surface area contributed by atoms with Gasteiger partial charge in [0.25, 0.3) is 0 Å². The summed E-state index contributed by atoms with van der Waals surface area (Å²) in [7, 11) is -2.68. The smallest absolute Gasteiger partial charge is 0.179 e. The number of benzene rings is 10. The molecular weight excluding hydrogens is 809 g/mol. The van der Waals surface area contributed by atoms with Crippen LogP contribution in [0.5, 0.6) is 0 Å². The van der Waals surface area contributed by atoms with Crippen molar-refractivity contribution < 1.29 is 0 Å². The lowest BCUT2D eigenvalue weighted by molar-refractivity contribution is 1.16. The second-order valence-corrected chi connectivity index (χ2v) is 21.7. The molecule has 0 amide bonds. The number of rotatable bonds is 7. The van der Waals surface area contributed by atoms with Gasteiger partial charge in [-0.2, -0.15) is 0 Å². The minimum atomic E-state index is -2.68. The van der Waals surface area contributed by atoms with E-state index in [1.54, 1.807) is 0 Å². The Hall–Kier alpha value is -7.76. The number of nitrogens with zero attached hydrogens (tertiary/aromatic N) is 2. The van der Waals surface area contributed by atoms with E-state index in [-0.39, 0.29) is 0 Å². The largest absolute Gasteiger partial charge is 0.309 e. The summed E-state index contributed by atoms with van der Waals surface area (Å²) in [5.41, 5.74) is 9.51.